The van der Waals surface area contributed by atoms with Crippen molar-refractivity contribution in [2.24, 2.45) is 5.41 Å². The van der Waals surface area contributed by atoms with Crippen LogP contribution in [0.2, 0.25) is 0 Å². The molecule has 1 aliphatic carbocycles. The van der Waals surface area contributed by atoms with Crippen molar-refractivity contribution >= 4 is 17.4 Å². The first-order chi connectivity index (χ1) is 15.0. The molecule has 0 saturated heterocycles. The third-order valence-corrected chi connectivity index (χ3v) is 6.82. The maximum absolute atomic E-state index is 13.0. The Balaban J connectivity index is 2.45. The van der Waals surface area contributed by atoms with Crippen molar-refractivity contribution < 1.29 is 29.6 Å². The first kappa shape index (κ1) is 23.0. The predicted octanol–water partition coefficient (Wildman–Crippen LogP) is 2.84. The van der Waals surface area contributed by atoms with Gasteiger partial charge in [-0.15, -0.1) is 0 Å². The number of aliphatic hydroxyl groups is 1. The van der Waals surface area contributed by atoms with Crippen LogP contribution in [0.5, 0.6) is 0 Å². The molecule has 1 aliphatic rings. The van der Waals surface area contributed by atoms with E-state index < -0.39 is 50.5 Å². The van der Waals surface area contributed by atoms with E-state index in [1.807, 2.05) is 0 Å². The highest BCUT2D eigenvalue weighted by Crippen LogP contribution is 2.64. The molecule has 1 fully saturated rings. The molecule has 10 heteroatoms. The normalized spacial score (nSPS) is 29.4. The zero-order valence-electron chi connectivity index (χ0n) is 17.4. The second-order valence-electron chi connectivity index (χ2n) is 8.05. The first-order valence-corrected chi connectivity index (χ1v) is 9.89. The average molecular weight is 442 g/mol. The van der Waals surface area contributed by atoms with Crippen LogP contribution in [0.1, 0.15) is 37.8 Å². The third-order valence-electron chi connectivity index (χ3n) is 6.82. The average Bonchev–Trinajstić information content (AvgIpc) is 3.02. The van der Waals surface area contributed by atoms with Crippen molar-refractivity contribution in [2.75, 3.05) is 0 Å². The second-order valence-corrected chi connectivity index (χ2v) is 8.05. The Bertz CT molecular complexity index is 1070. The molecule has 1 saturated carbocycles. The number of hydrogen-bond donors (Lipinski definition) is 2. The molecule has 0 aromatic heterocycles. The van der Waals surface area contributed by atoms with Gasteiger partial charge in [-0.25, -0.2) is 0 Å². The number of carbonyl (C=O) groups excluding carboxylic acids is 1. The number of nitrogens with zero attached hydrogens (tertiary/aromatic N) is 2. The number of nitro groups is 2. The molecule has 2 N–H and O–H groups in total. The zero-order chi connectivity index (χ0) is 23.9. The van der Waals surface area contributed by atoms with Gasteiger partial charge in [0.15, 0.2) is 5.60 Å². The second kappa shape index (κ2) is 7.79. The Labute approximate surface area is 182 Å². The van der Waals surface area contributed by atoms with E-state index in [0.29, 0.717) is 0 Å². The van der Waals surface area contributed by atoms with Gasteiger partial charge >= 0.3 is 5.97 Å². The summed E-state index contributed by atoms with van der Waals surface area (Å²) in [6.07, 6.45) is -0.900. The molecule has 0 spiro atoms. The van der Waals surface area contributed by atoms with Crippen LogP contribution >= 0.6 is 0 Å². The zero-order valence-corrected chi connectivity index (χ0v) is 17.4. The van der Waals surface area contributed by atoms with Crippen molar-refractivity contribution in [2.45, 2.75) is 43.7 Å². The molecular weight excluding hydrogens is 420 g/mol. The first-order valence-electron chi connectivity index (χ1n) is 9.89. The minimum absolute atomic E-state index is 0.0664. The van der Waals surface area contributed by atoms with Crippen LogP contribution in [0.15, 0.2) is 54.6 Å². The Hall–Kier alpha value is -3.66. The van der Waals surface area contributed by atoms with Crippen LogP contribution in [0.25, 0.3) is 0 Å². The Kier molecular flexibility index (Phi) is 5.60. The third kappa shape index (κ3) is 2.90. The van der Waals surface area contributed by atoms with Gasteiger partial charge in [0, 0.05) is 23.5 Å². The molecule has 0 unspecified atom stereocenters. The summed E-state index contributed by atoms with van der Waals surface area (Å²) in [5, 5.41) is 45.6. The van der Waals surface area contributed by atoms with Gasteiger partial charge in [-0.3, -0.25) is 29.8 Å². The standard InChI is InChI=1S/C22H22N2O8/c1-3-20(15-9-11-17(12-10-15)23(29)30)18(24(31)32)22(28,16-7-5-4-6-8-16)13-21(20,14(2)25)19(26)27/h4-12,18,28H,3,13H2,1-2H3,(H,26,27)/t18-,20-,21+,22-/m0/s1. The number of carboxylic acids is 1. The fourth-order valence-electron chi connectivity index (χ4n) is 5.48. The summed E-state index contributed by atoms with van der Waals surface area (Å²) in [6.45, 7) is 2.55. The van der Waals surface area contributed by atoms with E-state index in [0.717, 1.165) is 19.1 Å². The van der Waals surface area contributed by atoms with Gasteiger partial charge in [-0.1, -0.05) is 49.4 Å². The molecule has 0 aliphatic heterocycles. The van der Waals surface area contributed by atoms with E-state index in [2.05, 4.69) is 0 Å². The summed E-state index contributed by atoms with van der Waals surface area (Å²) < 4.78 is 0. The summed E-state index contributed by atoms with van der Waals surface area (Å²) in [5.41, 5.74) is -6.72. The molecule has 168 valence electrons. The van der Waals surface area contributed by atoms with Crippen LogP contribution in [0.3, 0.4) is 0 Å². The van der Waals surface area contributed by atoms with Crippen LogP contribution in [0, 0.1) is 25.6 Å². The summed E-state index contributed by atoms with van der Waals surface area (Å²) in [6, 6.07) is 10.4. The van der Waals surface area contributed by atoms with Crippen molar-refractivity contribution in [3.63, 3.8) is 0 Å². The number of benzene rings is 2. The predicted molar refractivity (Wildman–Crippen MR) is 112 cm³/mol. The smallest absolute Gasteiger partial charge is 0.318 e. The minimum atomic E-state index is -2.35. The van der Waals surface area contributed by atoms with Gasteiger partial charge in [-0.2, -0.15) is 0 Å². The number of Topliss-reactive ketones (excluding diaryl/α,β-unsaturated/α-hetero) is 1. The van der Waals surface area contributed by atoms with E-state index in [1.54, 1.807) is 18.2 Å². The maximum Gasteiger partial charge on any atom is 0.318 e. The molecule has 0 amide bonds. The summed E-state index contributed by atoms with van der Waals surface area (Å²) in [7, 11) is 0. The number of aliphatic carboxylic acids is 1. The van der Waals surface area contributed by atoms with Gasteiger partial charge in [0.1, 0.15) is 11.2 Å². The molecule has 0 radical (unpaired) electrons. The van der Waals surface area contributed by atoms with Crippen LogP contribution in [0.4, 0.5) is 5.69 Å². The van der Waals surface area contributed by atoms with E-state index in [4.69, 9.17) is 0 Å². The highest BCUT2D eigenvalue weighted by molar-refractivity contribution is 6.05. The van der Waals surface area contributed by atoms with E-state index >= 15 is 0 Å². The van der Waals surface area contributed by atoms with E-state index in [1.165, 1.54) is 31.2 Å². The van der Waals surface area contributed by atoms with Gasteiger partial charge in [0.2, 0.25) is 0 Å². The molecule has 3 rings (SSSR count). The molecule has 32 heavy (non-hydrogen) atoms. The van der Waals surface area contributed by atoms with Gasteiger partial charge in [-0.05, 0) is 24.5 Å². The van der Waals surface area contributed by atoms with Crippen molar-refractivity contribution in [3.8, 4) is 0 Å². The number of non-ortho nitro benzene ring substituents is 1. The minimum Gasteiger partial charge on any atom is -0.480 e. The number of carbonyl (C=O) groups is 2. The van der Waals surface area contributed by atoms with Gasteiger partial charge in [0.05, 0.1) is 10.3 Å². The van der Waals surface area contributed by atoms with Crippen molar-refractivity contribution in [3.05, 3.63) is 86.0 Å². The van der Waals surface area contributed by atoms with Crippen molar-refractivity contribution in [1.29, 1.82) is 0 Å². The maximum atomic E-state index is 13.0. The number of carboxylic acid groups (broad SMARTS) is 1. The van der Waals surface area contributed by atoms with Crippen LogP contribution in [-0.2, 0) is 20.6 Å². The monoisotopic (exact) mass is 442 g/mol. The van der Waals surface area contributed by atoms with E-state index in [-0.39, 0.29) is 23.2 Å². The van der Waals surface area contributed by atoms with E-state index in [9.17, 15) is 40.0 Å². The molecule has 4 atom stereocenters. The summed E-state index contributed by atoms with van der Waals surface area (Å²) >= 11 is 0. The highest BCUT2D eigenvalue weighted by atomic mass is 16.6. The lowest BCUT2D eigenvalue weighted by molar-refractivity contribution is -0.555. The fraction of sp³-hybridized carbons (Fsp3) is 0.364. The number of hydrogen-bond acceptors (Lipinski definition) is 7. The van der Waals surface area contributed by atoms with Gasteiger partial charge in [0.25, 0.3) is 11.7 Å². The van der Waals surface area contributed by atoms with Gasteiger partial charge < -0.3 is 10.2 Å². The Morgan fingerprint density at radius 1 is 1.03 bits per heavy atom. The lowest BCUT2D eigenvalue weighted by Gasteiger charge is -2.41. The molecule has 2 aromatic rings. The lowest BCUT2D eigenvalue weighted by Crippen LogP contribution is -2.58. The fourth-order valence-corrected chi connectivity index (χ4v) is 5.48. The molecule has 2 aromatic carbocycles. The van der Waals surface area contributed by atoms with Crippen LogP contribution < -0.4 is 0 Å². The molecule has 0 heterocycles. The Morgan fingerprint density at radius 2 is 1.59 bits per heavy atom. The molecular formula is C22H22N2O8. The van der Waals surface area contributed by atoms with Crippen LogP contribution in [-0.4, -0.2) is 37.9 Å². The molecule has 10 nitrogen and oxygen atoms in total. The number of ketones is 1. The largest absolute Gasteiger partial charge is 0.480 e. The highest BCUT2D eigenvalue weighted by Gasteiger charge is 2.80. The quantitative estimate of drug-likeness (QED) is 0.376. The number of rotatable bonds is 7. The summed E-state index contributed by atoms with van der Waals surface area (Å²) in [5.74, 6) is -2.44. The van der Waals surface area contributed by atoms with Crippen molar-refractivity contribution in [1.82, 2.24) is 0 Å². The topological polar surface area (TPSA) is 161 Å². The lowest BCUT2D eigenvalue weighted by atomic mass is 9.57. The Morgan fingerprint density at radius 3 is 2.00 bits per heavy atom. The number of nitro benzene ring substituents is 1. The molecule has 0 bridgehead atoms. The summed E-state index contributed by atoms with van der Waals surface area (Å²) in [4.78, 5) is 47.9. The SMILES string of the molecule is CC[C@]1(c2ccc([N+](=O)[O-])cc2)[C@H]([N+](=O)[O-])[C@@](O)(c2ccccc2)C[C@@]1(C(C)=O)C(=O)O.